The van der Waals surface area contributed by atoms with Gasteiger partial charge in [0.05, 0.1) is 17.1 Å². The lowest BCUT2D eigenvalue weighted by Crippen LogP contribution is -2.45. The molecule has 0 radical (unpaired) electrons. The Morgan fingerprint density at radius 1 is 1.32 bits per heavy atom. The Morgan fingerprint density at radius 3 is 2.89 bits per heavy atom. The van der Waals surface area contributed by atoms with E-state index in [1.807, 2.05) is 18.2 Å². The number of carbonyl (C=O) groups is 1. The summed E-state index contributed by atoms with van der Waals surface area (Å²) >= 11 is 6.11. The molecule has 1 aliphatic rings. The third-order valence-corrected chi connectivity index (χ3v) is 3.86. The summed E-state index contributed by atoms with van der Waals surface area (Å²) in [7, 11) is 0. The highest BCUT2D eigenvalue weighted by Gasteiger charge is 2.18. The lowest BCUT2D eigenvalue weighted by molar-refractivity contribution is 0.0923. The quantitative estimate of drug-likeness (QED) is 0.843. The number of benzene rings is 1. The fourth-order valence-electron chi connectivity index (χ4n) is 2.51. The van der Waals surface area contributed by atoms with E-state index >= 15 is 0 Å². The van der Waals surface area contributed by atoms with Crippen LogP contribution in [0.3, 0.4) is 0 Å². The van der Waals surface area contributed by atoms with Gasteiger partial charge < -0.3 is 10.3 Å². The van der Waals surface area contributed by atoms with Crippen LogP contribution in [0.1, 0.15) is 10.4 Å². The molecule has 0 spiro atoms. The Kier molecular flexibility index (Phi) is 3.55. The van der Waals surface area contributed by atoms with Gasteiger partial charge in [0.2, 0.25) is 0 Å². The van der Waals surface area contributed by atoms with Crippen LogP contribution in [-0.4, -0.2) is 48.4 Å². The molecule has 0 saturated carbocycles. The number of nitrogens with zero attached hydrogens (tertiary/aromatic N) is 1. The maximum Gasteiger partial charge on any atom is 0.178 e. The van der Waals surface area contributed by atoms with Crippen molar-refractivity contribution in [3.8, 4) is 0 Å². The molecule has 0 atom stereocenters. The molecule has 1 aromatic heterocycles. The van der Waals surface area contributed by atoms with Gasteiger partial charge in [-0.3, -0.25) is 9.69 Å². The number of H-pyrrole nitrogens is 1. The van der Waals surface area contributed by atoms with Gasteiger partial charge in [0.15, 0.2) is 5.78 Å². The van der Waals surface area contributed by atoms with Gasteiger partial charge in [-0.15, -0.1) is 0 Å². The molecule has 1 aliphatic heterocycles. The molecule has 0 bridgehead atoms. The molecule has 2 N–H and O–H groups in total. The van der Waals surface area contributed by atoms with Crippen molar-refractivity contribution >= 4 is 28.3 Å². The molecule has 100 valence electrons. The van der Waals surface area contributed by atoms with Crippen molar-refractivity contribution in [2.24, 2.45) is 0 Å². The van der Waals surface area contributed by atoms with E-state index in [1.54, 1.807) is 6.20 Å². The van der Waals surface area contributed by atoms with Crippen LogP contribution in [0.5, 0.6) is 0 Å². The zero-order chi connectivity index (χ0) is 13.2. The highest BCUT2D eigenvalue weighted by molar-refractivity contribution is 6.35. The molecular weight excluding hydrogens is 262 g/mol. The number of fused-ring (bicyclic) bond motifs is 1. The lowest BCUT2D eigenvalue weighted by atomic mass is 10.1. The second-order valence-electron chi connectivity index (χ2n) is 4.81. The fourth-order valence-corrected chi connectivity index (χ4v) is 2.73. The molecule has 19 heavy (non-hydrogen) atoms. The van der Waals surface area contributed by atoms with Crippen molar-refractivity contribution in [3.63, 3.8) is 0 Å². The summed E-state index contributed by atoms with van der Waals surface area (Å²) in [6.07, 6.45) is 1.76. The van der Waals surface area contributed by atoms with E-state index in [2.05, 4.69) is 15.2 Å². The van der Waals surface area contributed by atoms with E-state index in [9.17, 15) is 4.79 Å². The van der Waals surface area contributed by atoms with Crippen LogP contribution < -0.4 is 5.32 Å². The zero-order valence-electron chi connectivity index (χ0n) is 10.6. The third-order valence-electron chi connectivity index (χ3n) is 3.54. The van der Waals surface area contributed by atoms with Gasteiger partial charge in [-0.25, -0.2) is 0 Å². The molecule has 1 saturated heterocycles. The third kappa shape index (κ3) is 2.52. The Bertz CT molecular complexity index is 602. The normalized spacial score (nSPS) is 16.9. The Hall–Kier alpha value is -1.36. The highest BCUT2D eigenvalue weighted by atomic mass is 35.5. The molecule has 2 heterocycles. The minimum atomic E-state index is 0.149. The van der Waals surface area contributed by atoms with Crippen LogP contribution in [0.2, 0.25) is 5.02 Å². The van der Waals surface area contributed by atoms with Crippen molar-refractivity contribution in [1.29, 1.82) is 0 Å². The summed E-state index contributed by atoms with van der Waals surface area (Å²) in [6, 6.07) is 5.63. The van der Waals surface area contributed by atoms with Gasteiger partial charge in [0.25, 0.3) is 0 Å². The van der Waals surface area contributed by atoms with Crippen molar-refractivity contribution in [2.75, 3.05) is 32.7 Å². The number of ketones is 1. The Morgan fingerprint density at radius 2 is 2.11 bits per heavy atom. The first-order valence-corrected chi connectivity index (χ1v) is 6.85. The van der Waals surface area contributed by atoms with Gasteiger partial charge in [0, 0.05) is 43.3 Å². The minimum absolute atomic E-state index is 0.149. The number of Topliss-reactive ketones (excluding diaryl/α,β-unsaturated/α-hetero) is 1. The Balaban J connectivity index is 1.83. The van der Waals surface area contributed by atoms with Crippen molar-refractivity contribution in [2.45, 2.75) is 0 Å². The number of hydrogen-bond donors (Lipinski definition) is 2. The fraction of sp³-hybridized carbons (Fsp3) is 0.357. The van der Waals surface area contributed by atoms with Gasteiger partial charge in [-0.2, -0.15) is 0 Å². The largest absolute Gasteiger partial charge is 0.359 e. The monoisotopic (exact) mass is 277 g/mol. The molecule has 1 aromatic carbocycles. The first-order chi connectivity index (χ1) is 9.25. The number of hydrogen-bond acceptors (Lipinski definition) is 3. The summed E-state index contributed by atoms with van der Waals surface area (Å²) in [4.78, 5) is 17.6. The average Bonchev–Trinajstić information content (AvgIpc) is 2.85. The van der Waals surface area contributed by atoms with Crippen LogP contribution in [0, 0.1) is 0 Å². The number of para-hydroxylation sites is 1. The molecule has 3 rings (SSSR count). The number of carbonyl (C=O) groups excluding carboxylic acids is 1. The van der Waals surface area contributed by atoms with Crippen LogP contribution in [0.25, 0.3) is 10.9 Å². The molecule has 0 aliphatic carbocycles. The van der Waals surface area contributed by atoms with Gasteiger partial charge in [-0.05, 0) is 6.07 Å². The van der Waals surface area contributed by atoms with Crippen LogP contribution in [0.4, 0.5) is 0 Å². The first-order valence-electron chi connectivity index (χ1n) is 6.47. The topological polar surface area (TPSA) is 48.1 Å². The minimum Gasteiger partial charge on any atom is -0.359 e. The number of aromatic nitrogens is 1. The van der Waals surface area contributed by atoms with E-state index in [-0.39, 0.29) is 5.78 Å². The number of piperazine rings is 1. The van der Waals surface area contributed by atoms with Crippen LogP contribution in [-0.2, 0) is 0 Å². The van der Waals surface area contributed by atoms with E-state index < -0.39 is 0 Å². The smallest absolute Gasteiger partial charge is 0.178 e. The van der Waals surface area contributed by atoms with E-state index in [0.717, 1.165) is 42.6 Å². The van der Waals surface area contributed by atoms with Crippen molar-refractivity contribution < 1.29 is 4.79 Å². The van der Waals surface area contributed by atoms with Gasteiger partial charge >= 0.3 is 0 Å². The summed E-state index contributed by atoms with van der Waals surface area (Å²) in [5.41, 5.74) is 1.57. The SMILES string of the molecule is O=C(CN1CCNCC1)c1c[nH]c2c(Cl)cccc12. The maximum absolute atomic E-state index is 12.4. The van der Waals surface area contributed by atoms with Crippen LogP contribution in [0.15, 0.2) is 24.4 Å². The van der Waals surface area contributed by atoms with E-state index in [4.69, 9.17) is 11.6 Å². The average molecular weight is 278 g/mol. The molecular formula is C14H16ClN3O. The van der Waals surface area contributed by atoms with E-state index in [1.165, 1.54) is 0 Å². The maximum atomic E-state index is 12.4. The number of aromatic amines is 1. The summed E-state index contributed by atoms with van der Waals surface area (Å²) < 4.78 is 0. The number of nitrogens with one attached hydrogen (secondary N) is 2. The van der Waals surface area contributed by atoms with Gasteiger partial charge in [0.1, 0.15) is 0 Å². The molecule has 0 amide bonds. The van der Waals surface area contributed by atoms with E-state index in [0.29, 0.717) is 11.6 Å². The summed E-state index contributed by atoms with van der Waals surface area (Å²) in [6.45, 7) is 4.23. The van der Waals surface area contributed by atoms with Crippen molar-refractivity contribution in [3.05, 3.63) is 35.0 Å². The zero-order valence-corrected chi connectivity index (χ0v) is 11.3. The molecule has 4 nitrogen and oxygen atoms in total. The molecule has 0 unspecified atom stereocenters. The standard InChI is InChI=1S/C14H16ClN3O/c15-12-3-1-2-10-11(8-17-14(10)12)13(19)9-18-6-4-16-5-7-18/h1-3,8,16-17H,4-7,9H2. The Labute approximate surface area is 116 Å². The molecule has 5 heteroatoms. The second kappa shape index (κ2) is 5.33. The van der Waals surface area contributed by atoms with Crippen molar-refractivity contribution in [1.82, 2.24) is 15.2 Å². The predicted molar refractivity (Wildman–Crippen MR) is 76.9 cm³/mol. The van der Waals surface area contributed by atoms with Gasteiger partial charge in [-0.1, -0.05) is 23.7 Å². The second-order valence-corrected chi connectivity index (χ2v) is 5.22. The lowest BCUT2D eigenvalue weighted by Gasteiger charge is -2.26. The summed E-state index contributed by atoms with van der Waals surface area (Å²) in [5.74, 6) is 0.149. The first kappa shape index (κ1) is 12.7. The molecule has 1 fully saturated rings. The number of rotatable bonds is 3. The highest BCUT2D eigenvalue weighted by Crippen LogP contribution is 2.25. The molecule has 2 aromatic rings. The van der Waals surface area contributed by atoms with Crippen LogP contribution >= 0.6 is 11.6 Å². The number of halogens is 1. The summed E-state index contributed by atoms with van der Waals surface area (Å²) in [5, 5.41) is 4.84. The predicted octanol–water partition coefficient (Wildman–Crippen LogP) is 1.91.